The number of nitrogens with one attached hydrogen (secondary N) is 3. The van der Waals surface area contributed by atoms with Crippen molar-refractivity contribution in [1.82, 2.24) is 35.6 Å². The summed E-state index contributed by atoms with van der Waals surface area (Å²) in [6, 6.07) is 13.7. The molecule has 4 bridgehead atoms. The fourth-order valence-corrected chi connectivity index (χ4v) is 15.7. The first-order chi connectivity index (χ1) is 41.6. The minimum absolute atomic E-state index is 0. The van der Waals surface area contributed by atoms with E-state index in [-0.39, 0.29) is 206 Å². The number of ether oxygens (including phenoxy) is 4. The minimum Gasteiger partial charge on any atom is -0.507 e. The van der Waals surface area contributed by atoms with Crippen LogP contribution in [0.1, 0.15) is 129 Å². The van der Waals surface area contributed by atoms with E-state index in [0.717, 1.165) is 61.2 Å². The van der Waals surface area contributed by atoms with Gasteiger partial charge >= 0.3 is 0 Å². The molecule has 23 heteroatoms. The number of carbonyl (C=O) groups is 3. The normalized spacial score (nSPS) is 25.0. The van der Waals surface area contributed by atoms with Crippen molar-refractivity contribution in [2.24, 2.45) is 5.73 Å². The second kappa shape index (κ2) is 26.9. The molecule has 8 heterocycles. The van der Waals surface area contributed by atoms with Gasteiger partial charge in [0.1, 0.15) is 41.1 Å². The quantitative estimate of drug-likeness (QED) is 0.0838. The van der Waals surface area contributed by atoms with Crippen molar-refractivity contribution in [2.75, 3.05) is 40.8 Å². The molecular weight excluding hydrogens is 1570 g/mol. The van der Waals surface area contributed by atoms with Crippen LogP contribution in [0.3, 0.4) is 0 Å². The minimum atomic E-state index is -0.814. The van der Waals surface area contributed by atoms with Gasteiger partial charge in [0.25, 0.3) is 0 Å². The van der Waals surface area contributed by atoms with Gasteiger partial charge in [-0.2, -0.15) is 10.5 Å². The summed E-state index contributed by atoms with van der Waals surface area (Å²) in [5.41, 5.74) is 18.2. The van der Waals surface area contributed by atoms with E-state index in [1.54, 1.807) is 27.7 Å². The molecular formula is C67H80Ac2N10O11. The number of amides is 3. The third-order valence-corrected chi connectivity index (χ3v) is 20.3. The molecule has 90 heavy (non-hydrogen) atoms. The summed E-state index contributed by atoms with van der Waals surface area (Å²) < 4.78 is 23.5. The first-order valence-electron chi connectivity index (χ1n) is 29.9. The van der Waals surface area contributed by atoms with Crippen molar-refractivity contribution in [3.8, 4) is 58.1 Å². The number of piperazine rings is 2. The molecule has 5 aromatic rings. The Morgan fingerprint density at radius 3 is 1.42 bits per heavy atom. The van der Waals surface area contributed by atoms with Crippen molar-refractivity contribution in [1.29, 1.82) is 10.5 Å². The Labute approximate surface area is 597 Å². The van der Waals surface area contributed by atoms with Crippen LogP contribution in [0.4, 0.5) is 0 Å². The topological polar surface area (TPSA) is 292 Å². The second-order valence-electron chi connectivity index (χ2n) is 25.0. The fraction of sp³-hybridized carbons (Fsp3) is 0.478. The molecule has 5 aromatic carbocycles. The third-order valence-electron chi connectivity index (χ3n) is 20.3. The van der Waals surface area contributed by atoms with Gasteiger partial charge in [-0.3, -0.25) is 34.0 Å². The number of nitrogens with zero attached hydrogens (tertiary/aromatic N) is 6. The summed E-state index contributed by atoms with van der Waals surface area (Å²) in [6.07, 6.45) is 2.16. The molecule has 3 amide bonds. The molecule has 9 N–H and O–H groups in total. The van der Waals surface area contributed by atoms with Gasteiger partial charge in [-0.05, 0) is 134 Å². The predicted molar refractivity (Wildman–Crippen MR) is 326 cm³/mol. The maximum absolute atomic E-state index is 13.5. The molecule has 13 rings (SSSR count). The Morgan fingerprint density at radius 2 is 1.01 bits per heavy atom. The zero-order valence-electron chi connectivity index (χ0n) is 51.9. The van der Waals surface area contributed by atoms with E-state index in [9.17, 15) is 45.3 Å². The van der Waals surface area contributed by atoms with Crippen molar-refractivity contribution >= 4 is 17.7 Å². The van der Waals surface area contributed by atoms with Crippen LogP contribution in [0.5, 0.6) is 46.0 Å². The molecule has 0 saturated carbocycles. The fourth-order valence-electron chi connectivity index (χ4n) is 15.7. The Bertz CT molecular complexity index is 3780. The molecule has 2 fully saturated rings. The Hall–Kier alpha value is -5.43. The first kappa shape index (κ1) is 68.9. The number of benzene rings is 5. The summed E-state index contributed by atoms with van der Waals surface area (Å²) in [4.78, 5) is 47.7. The SMILES string of the molecule is C.Cc1cc2c(c(O)c1C)[C@@H]1C3Cc4c(O)c(C)c5c(c4[C@H](CNC(=O)[C@H](C)N)N3[C@@H](C#N)[C@H](C2)N1C)OCO5.Cc1cc2c(c(O)c1C)[C@@H]1C3Cc4c(O)c(C)c5c(c4[C@H](CNC(=O)[C@H](C)NC(=O)Cc4ccccc4)N3[C@@H](C#N)[C@H](C2)N1C)OCO5.[Ac].[Ac]. The standard InChI is InChI=1S/C37H41N5O6.C29H35N5O5.CH4.2Ac/c1-18-11-23-13-25-27(15-38)42-26(32(41(25)5)30(23)34(45)19(18)2)14-24-31(36-35(47-17-48-36)20(3)33(24)44)28(42)16-39-37(46)21(4)40-29(43)12-22-9-7-6-8-10-22;1-12-6-16-7-18-20(9-30)34-19(24(33(18)5)22(16)26(36)13(12)2)8-17-23(21(34)10-32-29(37)15(4)31)28-27(38-11-39-28)14(3)25(17)35;;;/h6-11,21,25-28,32,44-45H,12-14,16-17H2,1-5H3,(H,39,46)(H,40,43);6,15,18-21,24,35-36H,7-8,10-11,31H2,1-5H3,(H,32,37);1H4;;/t21-,25-,26?,27-,28-,32-;15-,18-,19?,20-,21-,24-;;;/m00.../s1. The molecule has 8 aliphatic rings. The van der Waals surface area contributed by atoms with Crippen LogP contribution < -0.4 is 40.6 Å². The Kier molecular flexibility index (Phi) is 20.6. The van der Waals surface area contributed by atoms with E-state index < -0.39 is 36.3 Å². The number of hydrogen-bond acceptors (Lipinski definition) is 18. The number of rotatable bonds is 9. The number of aryl methyl sites for hydroxylation is 2. The summed E-state index contributed by atoms with van der Waals surface area (Å²) in [5, 5.41) is 76.3. The van der Waals surface area contributed by atoms with Crippen LogP contribution in [-0.4, -0.2) is 147 Å². The van der Waals surface area contributed by atoms with Crippen LogP contribution >= 0.6 is 0 Å². The number of likely N-dealkylation sites (N-methyl/N-ethyl adjacent to an activating group) is 2. The molecule has 2 radical (unpaired) electrons. The van der Waals surface area contributed by atoms with Gasteiger partial charge in [0.2, 0.25) is 31.3 Å². The zero-order valence-corrected chi connectivity index (χ0v) is 61.4. The smallest absolute Gasteiger partial charge is 0.242 e. The van der Waals surface area contributed by atoms with Crippen LogP contribution in [0, 0.1) is 152 Å². The zero-order chi connectivity index (χ0) is 61.9. The molecule has 21 nitrogen and oxygen atoms in total. The first-order valence-corrected chi connectivity index (χ1v) is 29.9. The van der Waals surface area contributed by atoms with E-state index in [2.05, 4.69) is 59.8 Å². The van der Waals surface area contributed by atoms with Gasteiger partial charge in [0.05, 0.1) is 48.8 Å². The van der Waals surface area contributed by atoms with E-state index in [0.29, 0.717) is 70.9 Å². The van der Waals surface area contributed by atoms with Gasteiger partial charge in [-0.15, -0.1) is 0 Å². The second-order valence-corrected chi connectivity index (χ2v) is 25.0. The van der Waals surface area contributed by atoms with Crippen LogP contribution in [0.15, 0.2) is 42.5 Å². The Balaban J connectivity index is 0.000000211. The van der Waals surface area contributed by atoms with Crippen molar-refractivity contribution < 1.29 is 142 Å². The molecule has 0 aliphatic carbocycles. The summed E-state index contributed by atoms with van der Waals surface area (Å²) >= 11 is 0. The molecule has 8 aliphatic heterocycles. The number of phenolic OH excluding ortho intramolecular Hbond substituents is 4. The van der Waals surface area contributed by atoms with Crippen LogP contribution in [0.25, 0.3) is 0 Å². The number of nitrogens with two attached hydrogens (primary N) is 1. The average molecular weight is 1660 g/mol. The number of nitriles is 2. The summed E-state index contributed by atoms with van der Waals surface area (Å²) in [7, 11) is 4.02. The molecule has 470 valence electrons. The van der Waals surface area contributed by atoms with Gasteiger partial charge in [-0.1, -0.05) is 49.9 Å². The van der Waals surface area contributed by atoms with Crippen LogP contribution in [-0.2, 0) is 46.5 Å². The summed E-state index contributed by atoms with van der Waals surface area (Å²) in [6.45, 7) is 15.0. The van der Waals surface area contributed by atoms with E-state index in [1.165, 1.54) is 0 Å². The molecule has 2 saturated heterocycles. The van der Waals surface area contributed by atoms with Crippen molar-refractivity contribution in [3.05, 3.63) is 126 Å². The molecule has 2 unspecified atom stereocenters. The van der Waals surface area contributed by atoms with E-state index in [4.69, 9.17) is 24.7 Å². The predicted octanol–water partition coefficient (Wildman–Crippen LogP) is 6.01. The number of phenols is 4. The largest absolute Gasteiger partial charge is 0.507 e. The van der Waals surface area contributed by atoms with E-state index >= 15 is 0 Å². The number of fused-ring (bicyclic) bond motifs is 18. The van der Waals surface area contributed by atoms with Crippen LogP contribution in [0.2, 0.25) is 0 Å². The van der Waals surface area contributed by atoms with Crippen molar-refractivity contribution in [2.45, 2.75) is 167 Å². The maximum Gasteiger partial charge on any atom is 0.242 e. The third kappa shape index (κ3) is 11.3. The van der Waals surface area contributed by atoms with Gasteiger partial charge in [0, 0.05) is 170 Å². The van der Waals surface area contributed by atoms with Gasteiger partial charge in [-0.25, -0.2) is 0 Å². The molecule has 12 atom stereocenters. The number of carbonyl (C=O) groups excluding carboxylic acids is 3. The molecule has 0 aromatic heterocycles. The maximum atomic E-state index is 13.5. The van der Waals surface area contributed by atoms with Crippen molar-refractivity contribution in [3.63, 3.8) is 0 Å². The number of hydrogen-bond donors (Lipinski definition) is 8. The van der Waals surface area contributed by atoms with E-state index in [1.807, 2.05) is 72.1 Å². The average Bonchev–Trinajstić information content (AvgIpc) is 0.831. The monoisotopic (exact) mass is 1650 g/mol. The van der Waals surface area contributed by atoms with Gasteiger partial charge < -0.3 is 61.1 Å². The van der Waals surface area contributed by atoms with Gasteiger partial charge in [0.15, 0.2) is 23.0 Å². The number of aromatic hydroxyl groups is 4. The molecule has 0 spiro atoms. The summed E-state index contributed by atoms with van der Waals surface area (Å²) in [5.74, 6) is 1.85. The Morgan fingerprint density at radius 1 is 0.600 bits per heavy atom.